The van der Waals surface area contributed by atoms with Crippen molar-refractivity contribution in [1.82, 2.24) is 24.6 Å². The third-order valence-corrected chi connectivity index (χ3v) is 6.85. The van der Waals surface area contributed by atoms with E-state index in [1.165, 1.54) is 26.1 Å². The summed E-state index contributed by atoms with van der Waals surface area (Å²) in [6.45, 7) is 1.05. The summed E-state index contributed by atoms with van der Waals surface area (Å²) in [7, 11) is 4.51. The van der Waals surface area contributed by atoms with E-state index in [1.807, 2.05) is 28.9 Å². The van der Waals surface area contributed by atoms with Crippen molar-refractivity contribution in [1.29, 1.82) is 0 Å². The first-order chi connectivity index (χ1) is 17.3. The molecule has 5 rings (SSSR count). The second-order valence-electron chi connectivity index (χ2n) is 8.94. The Morgan fingerprint density at radius 2 is 2.00 bits per heavy atom. The number of para-hydroxylation sites is 1. The summed E-state index contributed by atoms with van der Waals surface area (Å²) in [5.74, 6) is -1.54. The molecule has 1 aromatic carbocycles. The Morgan fingerprint density at radius 1 is 1.22 bits per heavy atom. The first kappa shape index (κ1) is 23.8. The second-order valence-corrected chi connectivity index (χ2v) is 9.34. The topological polar surface area (TPSA) is 110 Å². The van der Waals surface area contributed by atoms with Crippen LogP contribution in [0.4, 0.5) is 5.82 Å². The lowest BCUT2D eigenvalue weighted by molar-refractivity contribution is -0.143. The number of pyridine rings is 1. The number of Topliss-reactive ketones (excluding diaryl/α,β-unsaturated/α-hetero) is 1. The number of nitrogens with zero attached hydrogens (tertiary/aromatic N) is 5. The summed E-state index contributed by atoms with van der Waals surface area (Å²) in [5.41, 5.74) is 3.48. The molecule has 0 aliphatic carbocycles. The summed E-state index contributed by atoms with van der Waals surface area (Å²) in [6.07, 6.45) is 2.34. The van der Waals surface area contributed by atoms with E-state index in [0.717, 1.165) is 16.9 Å². The van der Waals surface area contributed by atoms with Crippen LogP contribution >= 0.6 is 11.6 Å². The summed E-state index contributed by atoms with van der Waals surface area (Å²) >= 11 is 6.37. The van der Waals surface area contributed by atoms with Crippen molar-refractivity contribution in [3.63, 3.8) is 0 Å². The zero-order valence-corrected chi connectivity index (χ0v) is 20.9. The van der Waals surface area contributed by atoms with Crippen molar-refractivity contribution >= 4 is 35.0 Å². The Bertz CT molecular complexity index is 1380. The van der Waals surface area contributed by atoms with E-state index in [4.69, 9.17) is 16.3 Å². The molecular weight excluding hydrogens is 484 g/mol. The Labute approximate surface area is 212 Å². The van der Waals surface area contributed by atoms with Gasteiger partial charge in [-0.2, -0.15) is 10.1 Å². The van der Waals surface area contributed by atoms with Gasteiger partial charge in [0.1, 0.15) is 11.4 Å². The third-order valence-electron chi connectivity index (χ3n) is 6.53. The Hall–Kier alpha value is -3.92. The van der Waals surface area contributed by atoms with Gasteiger partial charge in [-0.05, 0) is 18.2 Å². The number of rotatable bonds is 5. The SMILES string of the molecule is COc1nc2c(cc1C(=O)N1CCc3c(cnn3-c3ccccc3Cl)C1)C(C(=O)C(=O)N(C)C)CN2. The molecule has 1 atom stereocenters. The highest BCUT2D eigenvalue weighted by atomic mass is 35.5. The highest BCUT2D eigenvalue weighted by Crippen LogP contribution is 2.36. The number of likely N-dealkylation sites (N-methyl/N-ethyl adjacent to an activating group) is 1. The van der Waals surface area contributed by atoms with Crippen molar-refractivity contribution < 1.29 is 19.1 Å². The zero-order chi connectivity index (χ0) is 25.6. The molecule has 36 heavy (non-hydrogen) atoms. The number of aromatic nitrogens is 3. The number of carbonyl (C=O) groups excluding carboxylic acids is 3. The van der Waals surface area contributed by atoms with Gasteiger partial charge in [0.2, 0.25) is 11.7 Å². The van der Waals surface area contributed by atoms with Crippen molar-refractivity contribution in [2.45, 2.75) is 18.9 Å². The summed E-state index contributed by atoms with van der Waals surface area (Å²) < 4.78 is 7.24. The molecule has 4 heterocycles. The molecule has 10 nitrogen and oxygen atoms in total. The fraction of sp³-hybridized carbons (Fsp3) is 0.320. The molecule has 0 fully saturated rings. The molecule has 2 amide bonds. The second kappa shape index (κ2) is 9.27. The van der Waals surface area contributed by atoms with Crippen LogP contribution in [-0.2, 0) is 22.6 Å². The van der Waals surface area contributed by atoms with E-state index in [2.05, 4.69) is 15.4 Å². The van der Waals surface area contributed by atoms with E-state index < -0.39 is 17.6 Å². The average molecular weight is 509 g/mol. The summed E-state index contributed by atoms with van der Waals surface area (Å²) in [5, 5.41) is 8.16. The van der Waals surface area contributed by atoms with Crippen LogP contribution in [0.5, 0.6) is 5.88 Å². The number of halogens is 1. The van der Waals surface area contributed by atoms with Gasteiger partial charge in [-0.25, -0.2) is 4.68 Å². The smallest absolute Gasteiger partial charge is 0.290 e. The van der Waals surface area contributed by atoms with Gasteiger partial charge in [0.25, 0.3) is 11.8 Å². The predicted octanol–water partition coefficient (Wildman–Crippen LogP) is 2.29. The number of hydrogen-bond acceptors (Lipinski definition) is 7. The molecule has 3 aromatic rings. The highest BCUT2D eigenvalue weighted by molar-refractivity contribution is 6.38. The lowest BCUT2D eigenvalue weighted by atomic mass is 9.95. The predicted molar refractivity (Wildman–Crippen MR) is 133 cm³/mol. The van der Waals surface area contributed by atoms with Gasteiger partial charge in [-0.15, -0.1) is 0 Å². The molecule has 2 aliphatic heterocycles. The van der Waals surface area contributed by atoms with Gasteiger partial charge in [0.05, 0.1) is 35.6 Å². The number of methoxy groups -OCH3 is 1. The van der Waals surface area contributed by atoms with Gasteiger partial charge in [-0.3, -0.25) is 14.4 Å². The maximum Gasteiger partial charge on any atom is 0.290 e. The first-order valence-electron chi connectivity index (χ1n) is 11.5. The van der Waals surface area contributed by atoms with Crippen LogP contribution < -0.4 is 10.1 Å². The number of nitrogens with one attached hydrogen (secondary N) is 1. The quantitative estimate of drug-likeness (QED) is 0.526. The number of fused-ring (bicyclic) bond motifs is 2. The highest BCUT2D eigenvalue weighted by Gasteiger charge is 2.37. The molecule has 0 radical (unpaired) electrons. The van der Waals surface area contributed by atoms with Crippen LogP contribution in [0.25, 0.3) is 5.69 Å². The molecule has 11 heteroatoms. The van der Waals surface area contributed by atoms with Crippen molar-refractivity contribution in [2.24, 2.45) is 0 Å². The number of anilines is 1. The monoisotopic (exact) mass is 508 g/mol. The van der Waals surface area contributed by atoms with Gasteiger partial charge in [-0.1, -0.05) is 23.7 Å². The molecule has 1 unspecified atom stereocenters. The van der Waals surface area contributed by atoms with Crippen LogP contribution in [-0.4, -0.2) is 76.5 Å². The largest absolute Gasteiger partial charge is 0.480 e. The molecule has 1 N–H and O–H groups in total. The number of benzene rings is 1. The van der Waals surface area contributed by atoms with E-state index in [9.17, 15) is 14.4 Å². The molecule has 0 saturated carbocycles. The van der Waals surface area contributed by atoms with E-state index >= 15 is 0 Å². The summed E-state index contributed by atoms with van der Waals surface area (Å²) in [6, 6.07) is 9.11. The number of amides is 2. The van der Waals surface area contributed by atoms with Crippen LogP contribution in [0.1, 0.15) is 33.1 Å². The molecule has 0 bridgehead atoms. The maximum absolute atomic E-state index is 13.6. The lowest BCUT2D eigenvalue weighted by Gasteiger charge is -2.28. The molecule has 2 aromatic heterocycles. The van der Waals surface area contributed by atoms with Gasteiger partial charge < -0.3 is 19.9 Å². The normalized spacial score (nSPS) is 16.1. The van der Waals surface area contributed by atoms with E-state index in [-0.39, 0.29) is 23.9 Å². The van der Waals surface area contributed by atoms with Crippen molar-refractivity contribution in [3.8, 4) is 11.6 Å². The minimum absolute atomic E-state index is 0.163. The van der Waals surface area contributed by atoms with Crippen molar-refractivity contribution in [2.75, 3.05) is 39.6 Å². The zero-order valence-electron chi connectivity index (χ0n) is 20.1. The standard InChI is InChI=1S/C25H25ClN6O4/c1-30(2)25(35)21(33)17-12-27-22-15(17)10-16(23(29-22)36-3)24(34)31-9-8-19-14(13-31)11-28-32(19)20-7-5-4-6-18(20)26/h4-7,10-11,17H,8-9,12-13H2,1-3H3,(H,27,29). The Kier molecular flexibility index (Phi) is 6.13. The van der Waals surface area contributed by atoms with Crippen molar-refractivity contribution in [3.05, 3.63) is 63.9 Å². The lowest BCUT2D eigenvalue weighted by Crippen LogP contribution is -2.36. The van der Waals surface area contributed by atoms with Gasteiger partial charge in [0, 0.05) is 51.3 Å². The van der Waals surface area contributed by atoms with Gasteiger partial charge >= 0.3 is 0 Å². The molecule has 2 aliphatic rings. The molecule has 0 saturated heterocycles. The van der Waals surface area contributed by atoms with E-state index in [0.29, 0.717) is 35.9 Å². The summed E-state index contributed by atoms with van der Waals surface area (Å²) in [4.78, 5) is 46.0. The van der Waals surface area contributed by atoms with E-state index in [1.54, 1.807) is 17.2 Å². The van der Waals surface area contributed by atoms with Crippen LogP contribution in [0, 0.1) is 0 Å². The third kappa shape index (κ3) is 3.97. The number of carbonyl (C=O) groups is 3. The fourth-order valence-electron chi connectivity index (χ4n) is 4.65. The Balaban J connectivity index is 1.43. The van der Waals surface area contributed by atoms with Gasteiger partial charge in [0.15, 0.2) is 0 Å². The Morgan fingerprint density at radius 3 is 2.72 bits per heavy atom. The molecule has 186 valence electrons. The number of ether oxygens (including phenoxy) is 1. The van der Waals surface area contributed by atoms with Crippen LogP contribution in [0.15, 0.2) is 36.5 Å². The van der Waals surface area contributed by atoms with Crippen LogP contribution in [0.3, 0.4) is 0 Å². The first-order valence-corrected chi connectivity index (χ1v) is 11.9. The number of ketones is 1. The van der Waals surface area contributed by atoms with Crippen LogP contribution in [0.2, 0.25) is 5.02 Å². The number of hydrogen-bond donors (Lipinski definition) is 1. The molecular formula is C25H25ClN6O4. The fourth-order valence-corrected chi connectivity index (χ4v) is 4.86. The minimum Gasteiger partial charge on any atom is -0.480 e. The minimum atomic E-state index is -0.721. The maximum atomic E-state index is 13.6. The average Bonchev–Trinajstić information content (AvgIpc) is 3.50. The molecule has 0 spiro atoms.